The fourth-order valence-electron chi connectivity index (χ4n) is 1.44. The molecule has 2 rings (SSSR count). The predicted molar refractivity (Wildman–Crippen MR) is 61.7 cm³/mol. The van der Waals surface area contributed by atoms with E-state index in [0.717, 1.165) is 24.5 Å². The molecule has 1 aromatic heterocycles. The summed E-state index contributed by atoms with van der Waals surface area (Å²) in [4.78, 5) is 7.20. The SMILES string of the molecule is CCc1ccc(NCc2ncc[nH]2)cc1. The number of H-pyrrole nitrogens is 1. The van der Waals surface area contributed by atoms with Gasteiger partial charge in [-0.3, -0.25) is 0 Å². The minimum Gasteiger partial charge on any atom is -0.378 e. The summed E-state index contributed by atoms with van der Waals surface area (Å²) < 4.78 is 0. The molecule has 1 aromatic carbocycles. The monoisotopic (exact) mass is 201 g/mol. The first-order valence-corrected chi connectivity index (χ1v) is 5.19. The summed E-state index contributed by atoms with van der Waals surface area (Å²) in [6, 6.07) is 8.48. The topological polar surface area (TPSA) is 40.7 Å². The van der Waals surface area contributed by atoms with E-state index < -0.39 is 0 Å². The van der Waals surface area contributed by atoms with Gasteiger partial charge in [0.15, 0.2) is 0 Å². The molecule has 0 atom stereocenters. The molecule has 2 aromatic rings. The van der Waals surface area contributed by atoms with Crippen LogP contribution in [0.4, 0.5) is 5.69 Å². The van der Waals surface area contributed by atoms with Crippen LogP contribution in [0.1, 0.15) is 18.3 Å². The van der Waals surface area contributed by atoms with Gasteiger partial charge >= 0.3 is 0 Å². The molecule has 78 valence electrons. The highest BCUT2D eigenvalue weighted by atomic mass is 15.0. The predicted octanol–water partition coefficient (Wildman–Crippen LogP) is 2.58. The number of nitrogens with zero attached hydrogens (tertiary/aromatic N) is 1. The molecule has 0 radical (unpaired) electrons. The average molecular weight is 201 g/mol. The molecule has 3 heteroatoms. The maximum atomic E-state index is 4.15. The first-order chi connectivity index (χ1) is 7.38. The van der Waals surface area contributed by atoms with E-state index in [0.29, 0.717) is 0 Å². The number of anilines is 1. The standard InChI is InChI=1S/C12H15N3/c1-2-10-3-5-11(6-4-10)15-9-12-13-7-8-14-12/h3-8,15H,2,9H2,1H3,(H,13,14). The maximum Gasteiger partial charge on any atom is 0.125 e. The van der Waals surface area contributed by atoms with Crippen LogP contribution in [0.15, 0.2) is 36.7 Å². The second-order valence-electron chi connectivity index (χ2n) is 3.44. The molecule has 0 saturated heterocycles. The van der Waals surface area contributed by atoms with E-state index in [1.807, 2.05) is 6.20 Å². The van der Waals surface area contributed by atoms with Gasteiger partial charge in [-0.2, -0.15) is 0 Å². The Bertz CT molecular complexity index is 389. The van der Waals surface area contributed by atoms with Gasteiger partial charge in [0.05, 0.1) is 6.54 Å². The Morgan fingerprint density at radius 2 is 2.07 bits per heavy atom. The fraction of sp³-hybridized carbons (Fsp3) is 0.250. The van der Waals surface area contributed by atoms with Crippen molar-refractivity contribution in [3.8, 4) is 0 Å². The lowest BCUT2D eigenvalue weighted by molar-refractivity contribution is 0.999. The minimum absolute atomic E-state index is 0.735. The van der Waals surface area contributed by atoms with Crippen molar-refractivity contribution in [1.82, 2.24) is 9.97 Å². The molecule has 0 saturated carbocycles. The largest absolute Gasteiger partial charge is 0.378 e. The summed E-state index contributed by atoms with van der Waals surface area (Å²) in [5.41, 5.74) is 2.49. The zero-order valence-corrected chi connectivity index (χ0v) is 8.83. The highest BCUT2D eigenvalue weighted by Crippen LogP contribution is 2.10. The van der Waals surface area contributed by atoms with Gasteiger partial charge < -0.3 is 10.3 Å². The number of hydrogen-bond donors (Lipinski definition) is 2. The lowest BCUT2D eigenvalue weighted by Gasteiger charge is -2.04. The molecule has 2 N–H and O–H groups in total. The van der Waals surface area contributed by atoms with Gasteiger partial charge in [-0.15, -0.1) is 0 Å². The maximum absolute atomic E-state index is 4.15. The number of aromatic nitrogens is 2. The van der Waals surface area contributed by atoms with Gasteiger partial charge in [-0.1, -0.05) is 19.1 Å². The lowest BCUT2D eigenvalue weighted by Crippen LogP contribution is -2.00. The summed E-state index contributed by atoms with van der Waals surface area (Å²) in [5, 5.41) is 3.30. The zero-order valence-electron chi connectivity index (χ0n) is 8.83. The molecule has 0 unspecified atom stereocenters. The van der Waals surface area contributed by atoms with E-state index in [2.05, 4.69) is 46.5 Å². The van der Waals surface area contributed by atoms with Crippen molar-refractivity contribution in [2.45, 2.75) is 19.9 Å². The average Bonchev–Trinajstić information content (AvgIpc) is 2.80. The Kier molecular flexibility index (Phi) is 3.02. The number of benzene rings is 1. The highest BCUT2D eigenvalue weighted by Gasteiger charge is 1.95. The Morgan fingerprint density at radius 1 is 1.27 bits per heavy atom. The van der Waals surface area contributed by atoms with Crippen LogP contribution in [-0.4, -0.2) is 9.97 Å². The minimum atomic E-state index is 0.735. The quantitative estimate of drug-likeness (QED) is 0.798. The van der Waals surface area contributed by atoms with Gasteiger partial charge in [-0.05, 0) is 24.1 Å². The third-order valence-electron chi connectivity index (χ3n) is 2.38. The van der Waals surface area contributed by atoms with Crippen LogP contribution >= 0.6 is 0 Å². The summed E-state index contributed by atoms with van der Waals surface area (Å²) in [7, 11) is 0. The van der Waals surface area contributed by atoms with E-state index in [1.165, 1.54) is 5.56 Å². The Morgan fingerprint density at radius 3 is 2.67 bits per heavy atom. The molecular formula is C12H15N3. The summed E-state index contributed by atoms with van der Waals surface area (Å²) >= 11 is 0. The van der Waals surface area contributed by atoms with Crippen LogP contribution < -0.4 is 5.32 Å². The Balaban J connectivity index is 1.93. The van der Waals surface area contributed by atoms with Crippen LogP contribution in [0.25, 0.3) is 0 Å². The van der Waals surface area contributed by atoms with Crippen molar-refractivity contribution in [2.75, 3.05) is 5.32 Å². The molecule has 1 heterocycles. The Hall–Kier alpha value is -1.77. The van der Waals surface area contributed by atoms with Gasteiger partial charge in [-0.25, -0.2) is 4.98 Å². The van der Waals surface area contributed by atoms with Crippen LogP contribution in [-0.2, 0) is 13.0 Å². The Labute approximate surface area is 89.6 Å². The summed E-state index contributed by atoms with van der Waals surface area (Å²) in [6.07, 6.45) is 4.67. The molecule has 3 nitrogen and oxygen atoms in total. The molecule has 0 fully saturated rings. The summed E-state index contributed by atoms with van der Waals surface area (Å²) in [5.74, 6) is 0.953. The van der Waals surface area contributed by atoms with E-state index in [1.54, 1.807) is 6.20 Å². The second-order valence-corrected chi connectivity index (χ2v) is 3.44. The number of aromatic amines is 1. The van der Waals surface area contributed by atoms with Crippen molar-refractivity contribution in [3.63, 3.8) is 0 Å². The van der Waals surface area contributed by atoms with E-state index >= 15 is 0 Å². The molecule has 15 heavy (non-hydrogen) atoms. The van der Waals surface area contributed by atoms with Crippen molar-refractivity contribution in [2.24, 2.45) is 0 Å². The first kappa shape index (κ1) is 9.77. The summed E-state index contributed by atoms with van der Waals surface area (Å²) in [6.45, 7) is 2.89. The molecule has 0 aliphatic carbocycles. The van der Waals surface area contributed by atoms with Crippen LogP contribution in [0.3, 0.4) is 0 Å². The molecule has 0 spiro atoms. The normalized spacial score (nSPS) is 10.2. The van der Waals surface area contributed by atoms with E-state index in [9.17, 15) is 0 Å². The second kappa shape index (κ2) is 4.64. The van der Waals surface area contributed by atoms with E-state index in [4.69, 9.17) is 0 Å². The van der Waals surface area contributed by atoms with Gasteiger partial charge in [0.1, 0.15) is 5.82 Å². The van der Waals surface area contributed by atoms with Gasteiger partial charge in [0.25, 0.3) is 0 Å². The first-order valence-electron chi connectivity index (χ1n) is 5.19. The zero-order chi connectivity index (χ0) is 10.5. The van der Waals surface area contributed by atoms with Crippen molar-refractivity contribution < 1.29 is 0 Å². The molecule has 0 amide bonds. The highest BCUT2D eigenvalue weighted by molar-refractivity contribution is 5.44. The molecular weight excluding hydrogens is 186 g/mol. The number of hydrogen-bond acceptors (Lipinski definition) is 2. The number of aryl methyl sites for hydroxylation is 1. The third-order valence-corrected chi connectivity index (χ3v) is 2.38. The molecule has 0 aliphatic rings. The van der Waals surface area contributed by atoms with Crippen molar-refractivity contribution in [3.05, 3.63) is 48.0 Å². The third kappa shape index (κ3) is 2.59. The number of rotatable bonds is 4. The van der Waals surface area contributed by atoms with Crippen LogP contribution in [0.2, 0.25) is 0 Å². The number of nitrogens with one attached hydrogen (secondary N) is 2. The van der Waals surface area contributed by atoms with Gasteiger partial charge in [0, 0.05) is 18.1 Å². The molecule has 0 bridgehead atoms. The van der Waals surface area contributed by atoms with Crippen LogP contribution in [0, 0.1) is 0 Å². The van der Waals surface area contributed by atoms with Gasteiger partial charge in [0.2, 0.25) is 0 Å². The smallest absolute Gasteiger partial charge is 0.125 e. The molecule has 0 aliphatic heterocycles. The van der Waals surface area contributed by atoms with Crippen molar-refractivity contribution in [1.29, 1.82) is 0 Å². The van der Waals surface area contributed by atoms with Crippen LogP contribution in [0.5, 0.6) is 0 Å². The lowest BCUT2D eigenvalue weighted by atomic mass is 10.1. The fourth-order valence-corrected chi connectivity index (χ4v) is 1.44. The van der Waals surface area contributed by atoms with E-state index in [-0.39, 0.29) is 0 Å². The number of imidazole rings is 1. The van der Waals surface area contributed by atoms with Crippen molar-refractivity contribution >= 4 is 5.69 Å².